The summed E-state index contributed by atoms with van der Waals surface area (Å²) < 4.78 is 13.8. The molecule has 4 heteroatoms. The van der Waals surface area contributed by atoms with E-state index in [9.17, 15) is 0 Å². The molecule has 3 aromatic rings. The molecular weight excluding hydrogens is 348 g/mol. The zero-order valence-electron chi connectivity index (χ0n) is 16.9. The minimum Gasteiger partial charge on any atom is -0.493 e. The van der Waals surface area contributed by atoms with Gasteiger partial charge in [0.05, 0.1) is 20.3 Å². The number of rotatable bonds is 5. The van der Waals surface area contributed by atoms with Crippen LogP contribution in [0.1, 0.15) is 34.8 Å². The number of benzene rings is 2. The van der Waals surface area contributed by atoms with Gasteiger partial charge in [-0.05, 0) is 37.1 Å². The maximum absolute atomic E-state index is 5.81. The lowest BCUT2D eigenvalue weighted by Gasteiger charge is -2.32. The summed E-state index contributed by atoms with van der Waals surface area (Å²) in [7, 11) is 3.42. The molecule has 0 N–H and O–H groups in total. The topological polar surface area (TPSA) is 26.6 Å². The van der Waals surface area contributed by atoms with Gasteiger partial charge < -0.3 is 14.0 Å². The smallest absolute Gasteiger partial charge is 0.165 e. The highest BCUT2D eigenvalue weighted by atomic mass is 16.5. The van der Waals surface area contributed by atoms with Crippen LogP contribution in [0.3, 0.4) is 0 Å². The summed E-state index contributed by atoms with van der Waals surface area (Å²) in [5.41, 5.74) is 5.09. The van der Waals surface area contributed by atoms with Gasteiger partial charge in [-0.1, -0.05) is 42.0 Å². The molecule has 4 rings (SSSR count). The van der Waals surface area contributed by atoms with E-state index in [2.05, 4.69) is 71.1 Å². The summed E-state index contributed by atoms with van der Waals surface area (Å²) in [5.74, 6) is 1.59. The summed E-state index contributed by atoms with van der Waals surface area (Å²) in [6.45, 7) is 5.12. The zero-order valence-corrected chi connectivity index (χ0v) is 16.9. The van der Waals surface area contributed by atoms with Gasteiger partial charge in [0.15, 0.2) is 11.5 Å². The maximum atomic E-state index is 5.81. The number of aryl methyl sites for hydroxylation is 2. The molecule has 4 nitrogen and oxygen atoms in total. The molecule has 0 fully saturated rings. The first kappa shape index (κ1) is 18.6. The Morgan fingerprint density at radius 1 is 0.964 bits per heavy atom. The van der Waals surface area contributed by atoms with E-state index in [1.54, 1.807) is 14.2 Å². The highest BCUT2D eigenvalue weighted by Crippen LogP contribution is 2.41. The van der Waals surface area contributed by atoms with Crippen molar-refractivity contribution in [3.8, 4) is 11.5 Å². The molecule has 1 aliphatic rings. The second-order valence-electron chi connectivity index (χ2n) is 7.42. The quantitative estimate of drug-likeness (QED) is 0.639. The number of aromatic nitrogens is 1. The van der Waals surface area contributed by atoms with E-state index >= 15 is 0 Å². The van der Waals surface area contributed by atoms with Crippen LogP contribution in [0.15, 0.2) is 60.8 Å². The number of methoxy groups -OCH3 is 2. The number of para-hydroxylation sites is 1. The van der Waals surface area contributed by atoms with Crippen LogP contribution in [0.5, 0.6) is 11.5 Å². The molecule has 1 aliphatic heterocycles. The first-order valence-electron chi connectivity index (χ1n) is 9.87. The molecule has 1 aromatic heterocycles. The standard InChI is InChI=1S/C24H28N2O2/c1-18-8-4-9-19(16-18)17-26-15-7-14-25-13-6-11-21(25)23(26)20-10-5-12-22(27-2)24(20)28-3/h4-6,8-13,16,23H,7,14-15,17H2,1-3H3. The number of nitrogens with zero attached hydrogens (tertiary/aromatic N) is 2. The third-order valence-electron chi connectivity index (χ3n) is 5.55. The van der Waals surface area contributed by atoms with Gasteiger partial charge in [0.1, 0.15) is 0 Å². The molecule has 1 unspecified atom stereocenters. The van der Waals surface area contributed by atoms with Gasteiger partial charge >= 0.3 is 0 Å². The zero-order chi connectivity index (χ0) is 19.5. The molecule has 2 aromatic carbocycles. The van der Waals surface area contributed by atoms with E-state index in [4.69, 9.17) is 9.47 Å². The van der Waals surface area contributed by atoms with E-state index in [-0.39, 0.29) is 6.04 Å². The average molecular weight is 377 g/mol. The first-order valence-corrected chi connectivity index (χ1v) is 9.87. The van der Waals surface area contributed by atoms with Crippen molar-refractivity contribution in [2.75, 3.05) is 20.8 Å². The van der Waals surface area contributed by atoms with Crippen LogP contribution in [0.2, 0.25) is 0 Å². The molecule has 2 heterocycles. The van der Waals surface area contributed by atoms with Crippen molar-refractivity contribution in [3.05, 3.63) is 83.2 Å². The third kappa shape index (κ3) is 3.52. The molecule has 0 radical (unpaired) electrons. The van der Waals surface area contributed by atoms with Crippen LogP contribution in [-0.4, -0.2) is 30.2 Å². The minimum absolute atomic E-state index is 0.114. The second-order valence-corrected chi connectivity index (χ2v) is 7.42. The normalized spacial score (nSPS) is 17.0. The van der Waals surface area contributed by atoms with Gasteiger partial charge in [-0.2, -0.15) is 0 Å². The summed E-state index contributed by atoms with van der Waals surface area (Å²) >= 11 is 0. The van der Waals surface area contributed by atoms with Crippen molar-refractivity contribution in [2.45, 2.75) is 32.5 Å². The van der Waals surface area contributed by atoms with E-state index < -0.39 is 0 Å². The molecule has 1 atom stereocenters. The van der Waals surface area contributed by atoms with Gasteiger partial charge in [-0.25, -0.2) is 0 Å². The molecule has 0 saturated heterocycles. The van der Waals surface area contributed by atoms with Crippen LogP contribution in [-0.2, 0) is 13.1 Å². The first-order chi connectivity index (χ1) is 13.7. The maximum Gasteiger partial charge on any atom is 0.165 e. The van der Waals surface area contributed by atoms with Gasteiger partial charge in [-0.15, -0.1) is 0 Å². The van der Waals surface area contributed by atoms with Crippen LogP contribution >= 0.6 is 0 Å². The lowest BCUT2D eigenvalue weighted by molar-refractivity contribution is 0.215. The van der Waals surface area contributed by atoms with Crippen LogP contribution in [0, 0.1) is 6.92 Å². The Balaban J connectivity index is 1.81. The van der Waals surface area contributed by atoms with E-state index in [0.29, 0.717) is 0 Å². The highest BCUT2D eigenvalue weighted by molar-refractivity contribution is 5.50. The molecule has 0 amide bonds. The number of ether oxygens (including phenoxy) is 2. The fourth-order valence-corrected chi connectivity index (χ4v) is 4.34. The fourth-order valence-electron chi connectivity index (χ4n) is 4.34. The number of hydrogen-bond acceptors (Lipinski definition) is 3. The predicted molar refractivity (Wildman–Crippen MR) is 112 cm³/mol. The fraction of sp³-hybridized carbons (Fsp3) is 0.333. The summed E-state index contributed by atoms with van der Waals surface area (Å²) in [4.78, 5) is 2.56. The molecular formula is C24H28N2O2. The van der Waals surface area contributed by atoms with Gasteiger partial charge in [0, 0.05) is 37.1 Å². The molecule has 0 aliphatic carbocycles. The summed E-state index contributed by atoms with van der Waals surface area (Å²) in [5, 5.41) is 0. The van der Waals surface area contributed by atoms with E-state index in [1.165, 1.54) is 16.8 Å². The van der Waals surface area contributed by atoms with Crippen molar-refractivity contribution in [1.82, 2.24) is 9.47 Å². The van der Waals surface area contributed by atoms with Crippen molar-refractivity contribution in [1.29, 1.82) is 0 Å². The van der Waals surface area contributed by atoms with Crippen molar-refractivity contribution in [3.63, 3.8) is 0 Å². The van der Waals surface area contributed by atoms with Crippen molar-refractivity contribution >= 4 is 0 Å². The molecule has 0 bridgehead atoms. The van der Waals surface area contributed by atoms with Crippen LogP contribution in [0.4, 0.5) is 0 Å². The van der Waals surface area contributed by atoms with Gasteiger partial charge in [-0.3, -0.25) is 4.90 Å². The Labute approximate surface area is 167 Å². The molecule has 146 valence electrons. The van der Waals surface area contributed by atoms with Crippen LogP contribution in [0.25, 0.3) is 0 Å². The average Bonchev–Trinajstić information content (AvgIpc) is 3.09. The Morgan fingerprint density at radius 2 is 1.82 bits per heavy atom. The monoisotopic (exact) mass is 376 g/mol. The Hall–Kier alpha value is -2.72. The summed E-state index contributed by atoms with van der Waals surface area (Å²) in [6, 6.07) is 19.5. The van der Waals surface area contributed by atoms with Gasteiger partial charge in [0.25, 0.3) is 0 Å². The van der Waals surface area contributed by atoms with Crippen molar-refractivity contribution < 1.29 is 9.47 Å². The SMILES string of the molecule is COc1cccc(C2c3cccn3CCCN2Cc2cccc(C)c2)c1OC. The van der Waals surface area contributed by atoms with Gasteiger partial charge in [0.2, 0.25) is 0 Å². The van der Waals surface area contributed by atoms with E-state index in [0.717, 1.165) is 43.1 Å². The minimum atomic E-state index is 0.114. The molecule has 28 heavy (non-hydrogen) atoms. The molecule has 0 saturated carbocycles. The number of hydrogen-bond donors (Lipinski definition) is 0. The lowest BCUT2D eigenvalue weighted by atomic mass is 9.99. The number of fused-ring (bicyclic) bond motifs is 1. The van der Waals surface area contributed by atoms with E-state index in [1.807, 2.05) is 6.07 Å². The highest BCUT2D eigenvalue weighted by Gasteiger charge is 2.30. The van der Waals surface area contributed by atoms with Crippen LogP contribution < -0.4 is 9.47 Å². The third-order valence-corrected chi connectivity index (χ3v) is 5.55. The molecule has 0 spiro atoms. The largest absolute Gasteiger partial charge is 0.493 e. The van der Waals surface area contributed by atoms with Crippen molar-refractivity contribution in [2.24, 2.45) is 0 Å². The summed E-state index contributed by atoms with van der Waals surface area (Å²) in [6.07, 6.45) is 3.31. The lowest BCUT2D eigenvalue weighted by Crippen LogP contribution is -2.30. The Morgan fingerprint density at radius 3 is 2.61 bits per heavy atom. The Kier molecular flexibility index (Phi) is 5.40. The predicted octanol–water partition coefficient (Wildman–Crippen LogP) is 4.81. The Bertz CT molecular complexity index is 947. The second kappa shape index (κ2) is 8.11.